The van der Waals surface area contributed by atoms with Crippen LogP contribution in [0.25, 0.3) is 16.9 Å². The first kappa shape index (κ1) is 25.6. The van der Waals surface area contributed by atoms with Crippen molar-refractivity contribution in [2.24, 2.45) is 5.92 Å². The number of piperidine rings is 1. The summed E-state index contributed by atoms with van der Waals surface area (Å²) in [4.78, 5) is 24.3. The van der Waals surface area contributed by atoms with Crippen LogP contribution in [0.15, 0.2) is 85.3 Å². The molecule has 0 N–H and O–H groups in total. The van der Waals surface area contributed by atoms with Gasteiger partial charge in [-0.2, -0.15) is 0 Å². The molecule has 2 atom stereocenters. The van der Waals surface area contributed by atoms with E-state index in [2.05, 4.69) is 29.2 Å². The van der Waals surface area contributed by atoms with E-state index in [0.717, 1.165) is 42.0 Å². The third-order valence-corrected chi connectivity index (χ3v) is 6.85. The number of aromatic nitrogens is 3. The second-order valence-corrected chi connectivity index (χ2v) is 10.8. The van der Waals surface area contributed by atoms with Gasteiger partial charge < -0.3 is 4.74 Å². The van der Waals surface area contributed by atoms with E-state index in [1.165, 1.54) is 17.7 Å². The van der Waals surface area contributed by atoms with E-state index in [4.69, 9.17) is 9.72 Å². The molecule has 1 amide bonds. The highest BCUT2D eigenvalue weighted by Crippen LogP contribution is 2.39. The largest absolute Gasteiger partial charge is 0.444 e. The van der Waals surface area contributed by atoms with Crippen molar-refractivity contribution in [2.45, 2.75) is 51.7 Å². The van der Waals surface area contributed by atoms with E-state index in [0.29, 0.717) is 12.5 Å². The minimum Gasteiger partial charge on any atom is -0.444 e. The third kappa shape index (κ3) is 5.77. The first-order chi connectivity index (χ1) is 18.3. The maximum absolute atomic E-state index is 13.9. The van der Waals surface area contributed by atoms with Gasteiger partial charge in [-0.3, -0.25) is 14.5 Å². The molecule has 0 bridgehead atoms. The number of carbonyl (C=O) groups excluding carboxylic acids is 1. The van der Waals surface area contributed by atoms with E-state index in [1.54, 1.807) is 24.5 Å². The summed E-state index contributed by atoms with van der Waals surface area (Å²) in [5, 5.41) is 0. The first-order valence-electron chi connectivity index (χ1n) is 13.1. The van der Waals surface area contributed by atoms with Crippen LogP contribution < -0.4 is 0 Å². The van der Waals surface area contributed by atoms with Crippen LogP contribution in [-0.2, 0) is 11.2 Å². The SMILES string of the molecule is CC(C)(C)OC(=O)N1CCC(Cc2ccccc2)CC1c1ncc(-c2ccncc2)n1-c1ccc(F)cc1. The Balaban J connectivity index is 1.58. The van der Waals surface area contributed by atoms with E-state index in [1.807, 2.05) is 54.6 Å². The fraction of sp³-hybridized carbons (Fsp3) is 0.323. The van der Waals surface area contributed by atoms with Crippen LogP contribution in [0.5, 0.6) is 0 Å². The number of hydrogen-bond donors (Lipinski definition) is 0. The van der Waals surface area contributed by atoms with E-state index in [-0.39, 0.29) is 18.0 Å². The predicted molar refractivity (Wildman–Crippen MR) is 145 cm³/mol. The lowest BCUT2D eigenvalue weighted by atomic mass is 9.85. The molecule has 0 spiro atoms. The first-order valence-corrected chi connectivity index (χ1v) is 13.1. The molecule has 3 heterocycles. The van der Waals surface area contributed by atoms with Crippen molar-refractivity contribution in [1.82, 2.24) is 19.4 Å². The topological polar surface area (TPSA) is 60.2 Å². The molecule has 1 saturated heterocycles. The molecule has 4 aromatic rings. The minimum atomic E-state index is -0.614. The van der Waals surface area contributed by atoms with Crippen molar-refractivity contribution in [1.29, 1.82) is 0 Å². The second kappa shape index (κ2) is 10.8. The maximum Gasteiger partial charge on any atom is 0.410 e. The van der Waals surface area contributed by atoms with Crippen molar-refractivity contribution in [3.05, 3.63) is 103 Å². The van der Waals surface area contributed by atoms with Crippen LogP contribution >= 0.6 is 0 Å². The normalized spacial score (nSPS) is 17.8. The number of nitrogens with zero attached hydrogens (tertiary/aromatic N) is 4. The summed E-state index contributed by atoms with van der Waals surface area (Å²) in [6.45, 7) is 6.20. The monoisotopic (exact) mass is 512 g/mol. The van der Waals surface area contributed by atoms with Gasteiger partial charge in [0.1, 0.15) is 17.2 Å². The molecule has 0 saturated carbocycles. The summed E-state index contributed by atoms with van der Waals surface area (Å²) in [6.07, 6.45) is 7.48. The highest BCUT2D eigenvalue weighted by molar-refractivity contribution is 5.69. The maximum atomic E-state index is 13.9. The fourth-order valence-electron chi connectivity index (χ4n) is 5.14. The van der Waals surface area contributed by atoms with E-state index in [9.17, 15) is 9.18 Å². The molecule has 38 heavy (non-hydrogen) atoms. The smallest absolute Gasteiger partial charge is 0.410 e. The standard InChI is InChI=1S/C31H33FN4O2/c1-31(2,3)38-30(37)35-18-15-23(19-22-7-5-4-6-8-22)20-27(35)29-34-21-28(24-13-16-33-17-14-24)36(29)26-11-9-25(32)10-12-26/h4-14,16-17,21,23,27H,15,18-20H2,1-3H3. The Bertz CT molecular complexity index is 1360. The number of likely N-dealkylation sites (tertiary alicyclic amines) is 1. The molecule has 1 fully saturated rings. The third-order valence-electron chi connectivity index (χ3n) is 6.85. The predicted octanol–water partition coefficient (Wildman–Crippen LogP) is 7.00. The van der Waals surface area contributed by atoms with Crippen LogP contribution in [0.2, 0.25) is 0 Å². The van der Waals surface area contributed by atoms with Crippen LogP contribution in [0, 0.1) is 11.7 Å². The lowest BCUT2D eigenvalue weighted by Gasteiger charge is -2.40. The summed E-state index contributed by atoms with van der Waals surface area (Å²) in [5.41, 5.74) is 3.23. The molecule has 5 rings (SSSR count). The Hall–Kier alpha value is -4.00. The number of hydrogen-bond acceptors (Lipinski definition) is 4. The number of pyridine rings is 1. The van der Waals surface area contributed by atoms with Gasteiger partial charge in [0.2, 0.25) is 0 Å². The van der Waals surface area contributed by atoms with Gasteiger partial charge in [0.15, 0.2) is 0 Å². The van der Waals surface area contributed by atoms with Gasteiger partial charge in [-0.1, -0.05) is 30.3 Å². The number of carbonyl (C=O) groups is 1. The van der Waals surface area contributed by atoms with Crippen LogP contribution in [0.4, 0.5) is 9.18 Å². The Kier molecular flexibility index (Phi) is 7.27. The summed E-state index contributed by atoms with van der Waals surface area (Å²) in [7, 11) is 0. The van der Waals surface area contributed by atoms with Crippen LogP contribution in [0.1, 0.15) is 51.0 Å². The van der Waals surface area contributed by atoms with Crippen molar-refractivity contribution in [3.8, 4) is 16.9 Å². The lowest BCUT2D eigenvalue weighted by molar-refractivity contribution is 0.00274. The molecule has 0 aliphatic carbocycles. The summed E-state index contributed by atoms with van der Waals surface area (Å²) in [5.74, 6) is 0.785. The van der Waals surface area contributed by atoms with Gasteiger partial charge in [0.25, 0.3) is 0 Å². The molecule has 6 nitrogen and oxygen atoms in total. The molecule has 2 unspecified atom stereocenters. The summed E-state index contributed by atoms with van der Waals surface area (Å²) >= 11 is 0. The molecule has 1 aliphatic rings. The summed E-state index contributed by atoms with van der Waals surface area (Å²) < 4.78 is 21.7. The molecule has 2 aromatic carbocycles. The average Bonchev–Trinajstić information content (AvgIpc) is 3.34. The molecular formula is C31H33FN4O2. The summed E-state index contributed by atoms with van der Waals surface area (Å²) in [6, 6.07) is 20.4. The Morgan fingerprint density at radius 3 is 2.42 bits per heavy atom. The zero-order valence-electron chi connectivity index (χ0n) is 22.0. The Morgan fingerprint density at radius 1 is 1.03 bits per heavy atom. The van der Waals surface area contributed by atoms with Gasteiger partial charge in [0, 0.05) is 30.2 Å². The van der Waals surface area contributed by atoms with E-state index >= 15 is 0 Å². The van der Waals surface area contributed by atoms with Gasteiger partial charge in [0.05, 0.1) is 17.9 Å². The number of ether oxygens (including phenoxy) is 1. The fourth-order valence-corrected chi connectivity index (χ4v) is 5.14. The van der Waals surface area contributed by atoms with Crippen molar-refractivity contribution in [3.63, 3.8) is 0 Å². The molecule has 196 valence electrons. The van der Waals surface area contributed by atoms with Crippen LogP contribution in [0.3, 0.4) is 0 Å². The molecule has 7 heteroatoms. The molecule has 0 radical (unpaired) electrons. The quantitative estimate of drug-likeness (QED) is 0.289. The van der Waals surface area contributed by atoms with Crippen molar-refractivity contribution < 1.29 is 13.9 Å². The second-order valence-electron chi connectivity index (χ2n) is 10.8. The zero-order valence-corrected chi connectivity index (χ0v) is 22.0. The van der Waals surface area contributed by atoms with Crippen LogP contribution in [-0.4, -0.2) is 37.7 Å². The highest BCUT2D eigenvalue weighted by Gasteiger charge is 2.38. The number of amides is 1. The van der Waals surface area contributed by atoms with E-state index < -0.39 is 5.60 Å². The minimum absolute atomic E-state index is 0.308. The Morgan fingerprint density at radius 2 is 1.74 bits per heavy atom. The average molecular weight is 513 g/mol. The number of rotatable bonds is 5. The Labute approximate surface area is 223 Å². The number of halogens is 1. The molecular weight excluding hydrogens is 479 g/mol. The van der Waals surface area contributed by atoms with Crippen molar-refractivity contribution >= 4 is 6.09 Å². The van der Waals surface area contributed by atoms with Gasteiger partial charge >= 0.3 is 6.09 Å². The highest BCUT2D eigenvalue weighted by atomic mass is 19.1. The van der Waals surface area contributed by atoms with Gasteiger partial charge in [-0.15, -0.1) is 0 Å². The lowest BCUT2D eigenvalue weighted by Crippen LogP contribution is -2.44. The zero-order chi connectivity index (χ0) is 26.7. The molecule has 1 aliphatic heterocycles. The molecule has 2 aromatic heterocycles. The van der Waals surface area contributed by atoms with Gasteiger partial charge in [-0.25, -0.2) is 14.2 Å². The van der Waals surface area contributed by atoms with Crippen molar-refractivity contribution in [2.75, 3.05) is 6.54 Å². The number of benzene rings is 2. The number of imidazole rings is 1. The van der Waals surface area contributed by atoms with Gasteiger partial charge in [-0.05, 0) is 87.9 Å².